The molecule has 7 heteroatoms. The number of carbonyl (C=O) groups is 2. The Bertz CT molecular complexity index is 1310. The Morgan fingerprint density at radius 3 is 2.39 bits per heavy atom. The fourth-order valence-electron chi connectivity index (χ4n) is 3.64. The van der Waals surface area contributed by atoms with Crippen LogP contribution in [-0.4, -0.2) is 21.8 Å². The lowest BCUT2D eigenvalue weighted by atomic mass is 10.0. The van der Waals surface area contributed by atoms with Crippen LogP contribution >= 0.6 is 11.3 Å². The van der Waals surface area contributed by atoms with Crippen molar-refractivity contribution in [3.05, 3.63) is 76.8 Å². The molecule has 0 spiro atoms. The van der Waals surface area contributed by atoms with Crippen molar-refractivity contribution < 1.29 is 9.59 Å². The van der Waals surface area contributed by atoms with Crippen LogP contribution in [0.2, 0.25) is 0 Å². The van der Waals surface area contributed by atoms with Crippen LogP contribution in [0.1, 0.15) is 61.3 Å². The van der Waals surface area contributed by atoms with Crippen LogP contribution in [-0.2, 0) is 4.79 Å². The largest absolute Gasteiger partial charge is 0.350 e. The minimum absolute atomic E-state index is 0.0612. The van der Waals surface area contributed by atoms with E-state index in [4.69, 9.17) is 0 Å². The van der Waals surface area contributed by atoms with Crippen molar-refractivity contribution in [1.29, 1.82) is 0 Å². The SMILES string of the molecule is CC(=O)NC(C)c1ccc(-c2csc(NC(=O)c3cc(C(C)C)nc4ccccc34)n2)cc1. The Balaban J connectivity index is 1.55. The Morgan fingerprint density at radius 1 is 0.970 bits per heavy atom. The van der Waals surface area contributed by atoms with Crippen molar-refractivity contribution in [1.82, 2.24) is 15.3 Å². The first-order valence-electron chi connectivity index (χ1n) is 10.9. The summed E-state index contributed by atoms with van der Waals surface area (Å²) in [6.07, 6.45) is 0. The molecule has 0 saturated carbocycles. The predicted octanol–water partition coefficient (Wildman–Crippen LogP) is 5.93. The van der Waals surface area contributed by atoms with Gasteiger partial charge in [-0.1, -0.05) is 56.3 Å². The second-order valence-corrected chi connectivity index (χ2v) is 9.16. The number of pyridine rings is 1. The average molecular weight is 459 g/mol. The number of para-hydroxylation sites is 1. The minimum atomic E-state index is -0.198. The first-order chi connectivity index (χ1) is 15.8. The quantitative estimate of drug-likeness (QED) is 0.375. The summed E-state index contributed by atoms with van der Waals surface area (Å²) in [5.41, 5.74) is 5.04. The van der Waals surface area contributed by atoms with E-state index in [-0.39, 0.29) is 23.8 Å². The molecule has 2 aromatic carbocycles. The van der Waals surface area contributed by atoms with E-state index in [1.165, 1.54) is 18.3 Å². The Kier molecular flexibility index (Phi) is 6.51. The number of hydrogen-bond acceptors (Lipinski definition) is 5. The second-order valence-electron chi connectivity index (χ2n) is 8.30. The summed E-state index contributed by atoms with van der Waals surface area (Å²) in [7, 11) is 0. The number of carbonyl (C=O) groups excluding carboxylic acids is 2. The molecule has 2 N–H and O–H groups in total. The topological polar surface area (TPSA) is 84.0 Å². The maximum atomic E-state index is 13.1. The molecular weight excluding hydrogens is 432 g/mol. The average Bonchev–Trinajstić information content (AvgIpc) is 3.26. The van der Waals surface area contributed by atoms with Gasteiger partial charge in [0.1, 0.15) is 0 Å². The molecule has 4 aromatic rings. The lowest BCUT2D eigenvalue weighted by Gasteiger charge is -2.13. The third-order valence-electron chi connectivity index (χ3n) is 5.42. The molecule has 4 rings (SSSR count). The van der Waals surface area contributed by atoms with Gasteiger partial charge in [0.2, 0.25) is 5.91 Å². The van der Waals surface area contributed by atoms with Crippen LogP contribution in [0.15, 0.2) is 60.0 Å². The van der Waals surface area contributed by atoms with Gasteiger partial charge >= 0.3 is 0 Å². The third kappa shape index (κ3) is 5.09. The molecule has 0 aliphatic rings. The zero-order valence-corrected chi connectivity index (χ0v) is 19.9. The van der Waals surface area contributed by atoms with Gasteiger partial charge in [0.05, 0.1) is 22.8 Å². The summed E-state index contributed by atoms with van der Waals surface area (Å²) in [5, 5.41) is 9.11. The summed E-state index contributed by atoms with van der Waals surface area (Å²) in [5.74, 6) is -0.0474. The zero-order valence-electron chi connectivity index (χ0n) is 19.0. The Hall–Kier alpha value is -3.58. The van der Waals surface area contributed by atoms with E-state index in [2.05, 4.69) is 34.4 Å². The van der Waals surface area contributed by atoms with Gasteiger partial charge in [-0.3, -0.25) is 19.9 Å². The molecule has 0 aliphatic heterocycles. The van der Waals surface area contributed by atoms with Crippen LogP contribution in [0.3, 0.4) is 0 Å². The normalized spacial score (nSPS) is 12.0. The fourth-order valence-corrected chi connectivity index (χ4v) is 4.35. The number of nitrogens with zero attached hydrogens (tertiary/aromatic N) is 2. The van der Waals surface area contributed by atoms with Crippen molar-refractivity contribution in [2.75, 3.05) is 5.32 Å². The highest BCUT2D eigenvalue weighted by molar-refractivity contribution is 7.14. The molecule has 0 aliphatic carbocycles. The number of thiazole rings is 1. The van der Waals surface area contributed by atoms with Crippen LogP contribution in [0, 0.1) is 0 Å². The Labute approximate surface area is 197 Å². The molecule has 2 amide bonds. The number of fused-ring (bicyclic) bond motifs is 1. The Morgan fingerprint density at radius 2 is 1.70 bits per heavy atom. The van der Waals surface area contributed by atoms with Crippen molar-refractivity contribution in [2.24, 2.45) is 0 Å². The maximum Gasteiger partial charge on any atom is 0.258 e. The van der Waals surface area contributed by atoms with Gasteiger partial charge in [-0.25, -0.2) is 4.98 Å². The van der Waals surface area contributed by atoms with Gasteiger partial charge in [0.15, 0.2) is 5.13 Å². The van der Waals surface area contributed by atoms with Crippen molar-refractivity contribution in [3.63, 3.8) is 0 Å². The zero-order chi connectivity index (χ0) is 23.5. The van der Waals surface area contributed by atoms with Crippen molar-refractivity contribution >= 4 is 39.2 Å². The summed E-state index contributed by atoms with van der Waals surface area (Å²) in [6.45, 7) is 7.58. The van der Waals surface area contributed by atoms with E-state index < -0.39 is 0 Å². The number of rotatable bonds is 6. The lowest BCUT2D eigenvalue weighted by molar-refractivity contribution is -0.119. The van der Waals surface area contributed by atoms with Gasteiger partial charge in [-0.2, -0.15) is 0 Å². The van der Waals surface area contributed by atoms with Crippen LogP contribution < -0.4 is 10.6 Å². The second kappa shape index (κ2) is 9.50. The minimum Gasteiger partial charge on any atom is -0.350 e. The molecule has 0 radical (unpaired) electrons. The molecule has 168 valence electrons. The maximum absolute atomic E-state index is 13.1. The highest BCUT2D eigenvalue weighted by atomic mass is 32.1. The van der Waals surface area contributed by atoms with Gasteiger partial charge in [-0.15, -0.1) is 11.3 Å². The summed E-state index contributed by atoms with van der Waals surface area (Å²) in [6, 6.07) is 17.4. The van der Waals surface area contributed by atoms with Gasteiger partial charge in [0.25, 0.3) is 5.91 Å². The van der Waals surface area contributed by atoms with E-state index >= 15 is 0 Å². The first-order valence-corrected chi connectivity index (χ1v) is 11.7. The molecule has 1 unspecified atom stereocenters. The third-order valence-corrected chi connectivity index (χ3v) is 6.18. The number of aromatic nitrogens is 2. The van der Waals surface area contributed by atoms with E-state index in [1.54, 1.807) is 0 Å². The van der Waals surface area contributed by atoms with E-state index in [9.17, 15) is 9.59 Å². The molecule has 1 atom stereocenters. The standard InChI is InChI=1S/C26H26N4O2S/c1-15(2)23-13-21(20-7-5-6-8-22(20)28-23)25(32)30-26-29-24(14-33-26)19-11-9-18(10-12-19)16(3)27-17(4)31/h5-16H,1-4H3,(H,27,31)(H,29,30,32). The molecule has 0 saturated heterocycles. The highest BCUT2D eigenvalue weighted by Gasteiger charge is 2.16. The van der Waals surface area contributed by atoms with Crippen LogP contribution in [0.5, 0.6) is 0 Å². The predicted molar refractivity (Wildman–Crippen MR) is 134 cm³/mol. The molecule has 0 fully saturated rings. The van der Waals surface area contributed by atoms with Gasteiger partial charge < -0.3 is 5.32 Å². The van der Waals surface area contributed by atoms with Crippen molar-refractivity contribution in [3.8, 4) is 11.3 Å². The number of hydrogen-bond donors (Lipinski definition) is 2. The summed E-state index contributed by atoms with van der Waals surface area (Å²) >= 11 is 1.39. The molecule has 33 heavy (non-hydrogen) atoms. The van der Waals surface area contributed by atoms with E-state index in [0.29, 0.717) is 10.7 Å². The summed E-state index contributed by atoms with van der Waals surface area (Å²) < 4.78 is 0. The number of anilines is 1. The first kappa shape index (κ1) is 22.6. The van der Waals surface area contributed by atoms with Gasteiger partial charge in [-0.05, 0) is 30.5 Å². The monoisotopic (exact) mass is 458 g/mol. The molecule has 0 bridgehead atoms. The molecule has 2 aromatic heterocycles. The van der Waals surface area contributed by atoms with E-state index in [1.807, 2.05) is 66.9 Å². The molecular formula is C26H26N4O2S. The molecule has 6 nitrogen and oxygen atoms in total. The fraction of sp³-hybridized carbons (Fsp3) is 0.231. The van der Waals surface area contributed by atoms with Crippen molar-refractivity contribution in [2.45, 2.75) is 39.7 Å². The van der Waals surface area contributed by atoms with Crippen LogP contribution in [0.25, 0.3) is 22.2 Å². The number of nitrogens with one attached hydrogen (secondary N) is 2. The lowest BCUT2D eigenvalue weighted by Crippen LogP contribution is -2.23. The van der Waals surface area contributed by atoms with Gasteiger partial charge in [0, 0.05) is 28.9 Å². The van der Waals surface area contributed by atoms with Crippen LogP contribution in [0.4, 0.5) is 5.13 Å². The molecule has 2 heterocycles. The smallest absolute Gasteiger partial charge is 0.258 e. The van der Waals surface area contributed by atoms with E-state index in [0.717, 1.165) is 33.4 Å². The highest BCUT2D eigenvalue weighted by Crippen LogP contribution is 2.28. The summed E-state index contributed by atoms with van der Waals surface area (Å²) in [4.78, 5) is 33.7. The number of benzene rings is 2. The number of amides is 2.